The highest BCUT2D eigenvalue weighted by molar-refractivity contribution is 7.99. The summed E-state index contributed by atoms with van der Waals surface area (Å²) in [7, 11) is 0. The minimum Gasteiger partial charge on any atom is -0.355 e. The van der Waals surface area contributed by atoms with Crippen LogP contribution in [0.25, 0.3) is 5.69 Å². The lowest BCUT2D eigenvalue weighted by atomic mass is 10.3. The van der Waals surface area contributed by atoms with E-state index < -0.39 is 0 Å². The fraction of sp³-hybridized carbons (Fsp3) is 0.267. The molecular formula is C15H17ClN4O2S. The Morgan fingerprint density at radius 3 is 2.87 bits per heavy atom. The molecule has 0 atom stereocenters. The molecule has 8 heteroatoms. The maximum atomic E-state index is 11.8. The van der Waals surface area contributed by atoms with E-state index in [0.717, 1.165) is 5.69 Å². The highest BCUT2D eigenvalue weighted by Crippen LogP contribution is 2.22. The molecule has 1 heterocycles. The molecule has 0 aliphatic rings. The molecule has 0 saturated heterocycles. The van der Waals surface area contributed by atoms with E-state index in [1.807, 2.05) is 29.7 Å². The van der Waals surface area contributed by atoms with Crippen molar-refractivity contribution in [3.63, 3.8) is 0 Å². The molecule has 0 spiro atoms. The van der Waals surface area contributed by atoms with Crippen molar-refractivity contribution in [1.82, 2.24) is 20.2 Å². The van der Waals surface area contributed by atoms with E-state index in [2.05, 4.69) is 15.6 Å². The smallest absolute Gasteiger partial charge is 0.239 e. The van der Waals surface area contributed by atoms with E-state index in [9.17, 15) is 9.59 Å². The number of likely N-dealkylation sites (N-methyl/N-ethyl adjacent to an activating group) is 1. The minimum absolute atomic E-state index is 0.0179. The normalized spacial score (nSPS) is 10.3. The van der Waals surface area contributed by atoms with Gasteiger partial charge in [-0.3, -0.25) is 14.2 Å². The third kappa shape index (κ3) is 5.30. The van der Waals surface area contributed by atoms with Gasteiger partial charge in [-0.15, -0.1) is 0 Å². The van der Waals surface area contributed by atoms with Gasteiger partial charge in [0.25, 0.3) is 0 Å². The van der Waals surface area contributed by atoms with Crippen LogP contribution in [0.1, 0.15) is 6.92 Å². The van der Waals surface area contributed by atoms with Crippen LogP contribution in [0.15, 0.2) is 41.8 Å². The van der Waals surface area contributed by atoms with E-state index in [1.165, 1.54) is 11.8 Å². The van der Waals surface area contributed by atoms with Crippen LogP contribution in [-0.4, -0.2) is 40.2 Å². The molecular weight excluding hydrogens is 336 g/mol. The second kappa shape index (κ2) is 8.59. The molecule has 122 valence electrons. The lowest BCUT2D eigenvalue weighted by Crippen LogP contribution is -2.37. The number of hydrogen-bond donors (Lipinski definition) is 2. The monoisotopic (exact) mass is 352 g/mol. The zero-order valence-corrected chi connectivity index (χ0v) is 14.2. The van der Waals surface area contributed by atoms with Crippen molar-refractivity contribution in [1.29, 1.82) is 0 Å². The average Bonchev–Trinajstić information content (AvgIpc) is 3.00. The molecule has 0 fully saturated rings. The quantitative estimate of drug-likeness (QED) is 0.746. The number of nitrogens with zero attached hydrogens (tertiary/aromatic N) is 2. The maximum Gasteiger partial charge on any atom is 0.239 e. The number of aromatic nitrogens is 2. The number of amides is 2. The van der Waals surface area contributed by atoms with Crippen LogP contribution in [-0.2, 0) is 9.59 Å². The molecule has 0 saturated carbocycles. The van der Waals surface area contributed by atoms with Crippen molar-refractivity contribution in [2.45, 2.75) is 12.1 Å². The molecule has 2 aromatic rings. The number of carbonyl (C=O) groups excluding carboxylic acids is 2. The SMILES string of the molecule is CCNC(=O)CNC(=O)CSc1nccn1-c1cccc(Cl)c1. The molecule has 2 N–H and O–H groups in total. The van der Waals surface area contributed by atoms with Crippen molar-refractivity contribution in [2.75, 3.05) is 18.8 Å². The summed E-state index contributed by atoms with van der Waals surface area (Å²) in [5.74, 6) is -0.245. The molecule has 0 unspecified atom stereocenters. The highest BCUT2D eigenvalue weighted by atomic mass is 35.5. The zero-order chi connectivity index (χ0) is 16.7. The van der Waals surface area contributed by atoms with Crippen molar-refractivity contribution in [3.8, 4) is 5.69 Å². The van der Waals surface area contributed by atoms with Crippen molar-refractivity contribution in [2.24, 2.45) is 0 Å². The maximum absolute atomic E-state index is 11.8. The van der Waals surface area contributed by atoms with Gasteiger partial charge in [0.05, 0.1) is 12.3 Å². The minimum atomic E-state index is -0.220. The molecule has 6 nitrogen and oxygen atoms in total. The van der Waals surface area contributed by atoms with Crippen LogP contribution in [0.5, 0.6) is 0 Å². The Morgan fingerprint density at radius 1 is 1.30 bits per heavy atom. The van der Waals surface area contributed by atoms with Gasteiger partial charge in [-0.1, -0.05) is 29.4 Å². The molecule has 0 bridgehead atoms. The van der Waals surface area contributed by atoms with Gasteiger partial charge in [-0.05, 0) is 25.1 Å². The van der Waals surface area contributed by atoms with Crippen molar-refractivity contribution in [3.05, 3.63) is 41.7 Å². The van der Waals surface area contributed by atoms with Crippen LogP contribution < -0.4 is 10.6 Å². The molecule has 23 heavy (non-hydrogen) atoms. The molecule has 1 aromatic carbocycles. The first-order valence-electron chi connectivity index (χ1n) is 7.05. The van der Waals surface area contributed by atoms with E-state index in [1.54, 1.807) is 18.5 Å². The van der Waals surface area contributed by atoms with Crippen LogP contribution in [0.4, 0.5) is 0 Å². The standard InChI is InChI=1S/C15H17ClN4O2S/c1-2-17-13(21)9-19-14(22)10-23-15-18-6-7-20(15)12-5-3-4-11(16)8-12/h3-8H,2,9-10H2,1H3,(H,17,21)(H,19,22). The third-order valence-electron chi connectivity index (χ3n) is 2.85. The van der Waals surface area contributed by atoms with Crippen LogP contribution in [0.3, 0.4) is 0 Å². The topological polar surface area (TPSA) is 76.0 Å². The van der Waals surface area contributed by atoms with Crippen LogP contribution >= 0.6 is 23.4 Å². The summed E-state index contributed by atoms with van der Waals surface area (Å²) < 4.78 is 1.85. The van der Waals surface area contributed by atoms with Gasteiger partial charge in [0.2, 0.25) is 11.8 Å². The summed E-state index contributed by atoms with van der Waals surface area (Å²) >= 11 is 7.29. The molecule has 2 rings (SSSR count). The van der Waals surface area contributed by atoms with Crippen LogP contribution in [0, 0.1) is 0 Å². The Balaban J connectivity index is 1.91. The summed E-state index contributed by atoms with van der Waals surface area (Å²) in [5.41, 5.74) is 0.875. The number of hydrogen-bond acceptors (Lipinski definition) is 4. The van der Waals surface area contributed by atoms with Gasteiger partial charge in [0, 0.05) is 29.6 Å². The summed E-state index contributed by atoms with van der Waals surface area (Å²) in [5, 5.41) is 6.50. The number of nitrogens with one attached hydrogen (secondary N) is 2. The first-order chi connectivity index (χ1) is 11.1. The molecule has 1 aromatic heterocycles. The molecule has 0 aliphatic carbocycles. The van der Waals surface area contributed by atoms with Crippen LogP contribution in [0.2, 0.25) is 5.02 Å². The fourth-order valence-corrected chi connectivity index (χ4v) is 2.83. The summed E-state index contributed by atoms with van der Waals surface area (Å²) in [6.07, 6.45) is 3.47. The summed E-state index contributed by atoms with van der Waals surface area (Å²) in [4.78, 5) is 27.3. The second-order valence-corrected chi connectivity index (χ2v) is 5.96. The number of imidazole rings is 1. The second-order valence-electron chi connectivity index (χ2n) is 4.58. The van der Waals surface area contributed by atoms with Crippen molar-refractivity contribution < 1.29 is 9.59 Å². The largest absolute Gasteiger partial charge is 0.355 e. The Kier molecular flexibility index (Phi) is 6.49. The predicted octanol–water partition coefficient (Wildman–Crippen LogP) is 1.87. The van der Waals surface area contributed by atoms with E-state index in [4.69, 9.17) is 11.6 Å². The summed E-state index contributed by atoms with van der Waals surface area (Å²) in [6.45, 7) is 2.35. The van der Waals surface area contributed by atoms with Gasteiger partial charge < -0.3 is 10.6 Å². The fourth-order valence-electron chi connectivity index (χ4n) is 1.84. The first kappa shape index (κ1) is 17.4. The number of benzene rings is 1. The number of thioether (sulfide) groups is 1. The van der Waals surface area contributed by atoms with Crippen molar-refractivity contribution >= 4 is 35.2 Å². The van der Waals surface area contributed by atoms with E-state index in [-0.39, 0.29) is 24.1 Å². The Hall–Kier alpha value is -1.99. The zero-order valence-electron chi connectivity index (χ0n) is 12.6. The van der Waals surface area contributed by atoms with Gasteiger partial charge in [-0.2, -0.15) is 0 Å². The predicted molar refractivity (Wildman–Crippen MR) is 91.0 cm³/mol. The molecule has 2 amide bonds. The summed E-state index contributed by atoms with van der Waals surface area (Å²) in [6, 6.07) is 7.38. The Bertz CT molecular complexity index is 690. The van der Waals surface area contributed by atoms with Gasteiger partial charge in [0.15, 0.2) is 5.16 Å². The number of carbonyl (C=O) groups is 2. The first-order valence-corrected chi connectivity index (χ1v) is 8.42. The van der Waals surface area contributed by atoms with E-state index >= 15 is 0 Å². The average molecular weight is 353 g/mol. The lowest BCUT2D eigenvalue weighted by molar-refractivity contribution is -0.124. The molecule has 0 aliphatic heterocycles. The Labute approximate surface area is 143 Å². The third-order valence-corrected chi connectivity index (χ3v) is 4.05. The highest BCUT2D eigenvalue weighted by Gasteiger charge is 2.10. The lowest BCUT2D eigenvalue weighted by Gasteiger charge is -2.08. The number of halogens is 1. The molecule has 0 radical (unpaired) electrons. The van der Waals surface area contributed by atoms with E-state index in [0.29, 0.717) is 16.7 Å². The Morgan fingerprint density at radius 2 is 2.13 bits per heavy atom. The van der Waals surface area contributed by atoms with Gasteiger partial charge in [-0.25, -0.2) is 4.98 Å². The van der Waals surface area contributed by atoms with Gasteiger partial charge in [0.1, 0.15) is 0 Å². The number of rotatable bonds is 7. The van der Waals surface area contributed by atoms with Gasteiger partial charge >= 0.3 is 0 Å².